The monoisotopic (exact) mass is 494 g/mol. The van der Waals surface area contributed by atoms with E-state index in [2.05, 4.69) is 73.1 Å². The molecule has 2 aromatic heterocycles. The quantitative estimate of drug-likeness (QED) is 0.306. The van der Waals surface area contributed by atoms with E-state index in [4.69, 9.17) is 5.73 Å². The zero-order valence-corrected chi connectivity index (χ0v) is 22.4. The van der Waals surface area contributed by atoms with Gasteiger partial charge in [0.25, 0.3) is 0 Å². The normalized spacial score (nSPS) is 12.6. The van der Waals surface area contributed by atoms with Crippen molar-refractivity contribution in [3.8, 4) is 5.69 Å². The third-order valence-electron chi connectivity index (χ3n) is 5.57. The van der Waals surface area contributed by atoms with Gasteiger partial charge in [0.05, 0.1) is 5.69 Å². The van der Waals surface area contributed by atoms with Crippen molar-refractivity contribution in [2.24, 2.45) is 5.73 Å². The molecular weight excluding hydrogens is 460 g/mol. The molecule has 180 valence electrons. The van der Waals surface area contributed by atoms with Gasteiger partial charge >= 0.3 is 5.69 Å². The number of nitrogens with zero attached hydrogens (tertiary/aromatic N) is 2. The highest BCUT2D eigenvalue weighted by atomic mass is 32.2. The maximum Gasteiger partial charge on any atom is 0.330 e. The van der Waals surface area contributed by atoms with E-state index in [1.54, 1.807) is 28.7 Å². The molecule has 0 aliphatic heterocycles. The third-order valence-corrected chi connectivity index (χ3v) is 7.45. The van der Waals surface area contributed by atoms with E-state index in [0.717, 1.165) is 24.2 Å². The lowest BCUT2D eigenvalue weighted by molar-refractivity contribution is 0.513. The molecule has 0 saturated carbocycles. The molecule has 2 heterocycles. The summed E-state index contributed by atoms with van der Waals surface area (Å²) < 4.78 is 4.09. The minimum absolute atomic E-state index is 0.120. The van der Waals surface area contributed by atoms with Gasteiger partial charge in [-0.05, 0) is 68.0 Å². The Kier molecular flexibility index (Phi) is 6.82. The lowest BCUT2D eigenvalue weighted by Gasteiger charge is -2.22. The van der Waals surface area contributed by atoms with E-state index >= 15 is 0 Å². The average Bonchev–Trinajstić information content (AvgIpc) is 3.30. The van der Waals surface area contributed by atoms with Crippen molar-refractivity contribution in [2.75, 3.05) is 6.26 Å². The van der Waals surface area contributed by atoms with Crippen LogP contribution in [-0.2, 0) is 13.0 Å². The highest BCUT2D eigenvalue weighted by molar-refractivity contribution is 8.00. The molecule has 34 heavy (non-hydrogen) atoms. The van der Waals surface area contributed by atoms with Crippen LogP contribution in [0, 0.1) is 0 Å². The van der Waals surface area contributed by atoms with Gasteiger partial charge in [0.1, 0.15) is 0 Å². The summed E-state index contributed by atoms with van der Waals surface area (Å²) in [5.74, 6) is 0. The predicted molar refractivity (Wildman–Crippen MR) is 147 cm³/mol. The molecule has 3 N–H and O–H groups in total. The van der Waals surface area contributed by atoms with Crippen molar-refractivity contribution in [3.05, 3.63) is 76.6 Å². The van der Waals surface area contributed by atoms with Gasteiger partial charge in [0.2, 0.25) is 0 Å². The van der Waals surface area contributed by atoms with Gasteiger partial charge in [-0.25, -0.2) is 4.79 Å². The van der Waals surface area contributed by atoms with Crippen molar-refractivity contribution >= 4 is 34.4 Å². The summed E-state index contributed by atoms with van der Waals surface area (Å²) >= 11 is 3.68. The van der Waals surface area contributed by atoms with Gasteiger partial charge < -0.3 is 15.3 Å². The van der Waals surface area contributed by atoms with Crippen LogP contribution in [0.15, 0.2) is 69.6 Å². The SMILES string of the molecule is CSc1ccc2c(c1)c(SC(C)(C)C)cn2Cc1ccc(-n2cc[nH]c2=O)cc1CC(C)(C)N. The topological polar surface area (TPSA) is 68.7 Å². The first-order chi connectivity index (χ1) is 15.9. The molecule has 0 radical (unpaired) electrons. The molecule has 0 bridgehead atoms. The number of nitrogens with two attached hydrogens (primary N) is 1. The molecule has 0 atom stereocenters. The molecule has 7 heteroatoms. The van der Waals surface area contributed by atoms with E-state index in [1.807, 2.05) is 31.7 Å². The fourth-order valence-corrected chi connectivity index (χ4v) is 5.74. The minimum atomic E-state index is -0.365. The van der Waals surface area contributed by atoms with Crippen molar-refractivity contribution in [2.45, 2.75) is 67.7 Å². The summed E-state index contributed by atoms with van der Waals surface area (Å²) in [4.78, 5) is 17.5. The van der Waals surface area contributed by atoms with E-state index < -0.39 is 0 Å². The van der Waals surface area contributed by atoms with Gasteiger partial charge in [-0.3, -0.25) is 4.57 Å². The van der Waals surface area contributed by atoms with Crippen LogP contribution in [0.1, 0.15) is 45.7 Å². The third kappa shape index (κ3) is 5.65. The first-order valence-electron chi connectivity index (χ1n) is 11.5. The second kappa shape index (κ2) is 9.36. The van der Waals surface area contributed by atoms with E-state index in [9.17, 15) is 4.79 Å². The van der Waals surface area contributed by atoms with Gasteiger partial charge in [0, 0.05) is 56.1 Å². The highest BCUT2D eigenvalue weighted by Crippen LogP contribution is 2.39. The van der Waals surface area contributed by atoms with Crippen LogP contribution in [0.5, 0.6) is 0 Å². The molecule has 0 amide bonds. The Morgan fingerprint density at radius 3 is 2.41 bits per heavy atom. The summed E-state index contributed by atoms with van der Waals surface area (Å²) in [6, 6.07) is 13.0. The Labute approximate surface area is 210 Å². The Hall–Kier alpha value is -2.35. The largest absolute Gasteiger partial charge is 0.342 e. The summed E-state index contributed by atoms with van der Waals surface area (Å²) in [6.45, 7) is 11.6. The molecule has 0 fully saturated rings. The smallest absolute Gasteiger partial charge is 0.330 e. The van der Waals surface area contributed by atoms with Gasteiger partial charge in [-0.2, -0.15) is 0 Å². The zero-order valence-electron chi connectivity index (χ0n) is 20.8. The number of fused-ring (bicyclic) bond motifs is 1. The number of benzene rings is 2. The summed E-state index contributed by atoms with van der Waals surface area (Å²) in [7, 11) is 0. The summed E-state index contributed by atoms with van der Waals surface area (Å²) in [5, 5.41) is 1.29. The zero-order chi connectivity index (χ0) is 24.7. The standard InChI is InChI=1S/C27H34N4OS2/c1-26(2,3)34-24-17-30(23-10-9-21(33-6)14-22(23)24)16-18-7-8-20(31-12-11-29-25(31)32)13-19(18)15-27(4,5)28/h7-14,17H,15-16,28H2,1-6H3,(H,29,32). The Bertz CT molecular complexity index is 1370. The number of imidazole rings is 1. The lowest BCUT2D eigenvalue weighted by atomic mass is 9.92. The van der Waals surface area contributed by atoms with Crippen LogP contribution >= 0.6 is 23.5 Å². The maximum absolute atomic E-state index is 12.2. The Morgan fingerprint density at radius 2 is 1.79 bits per heavy atom. The van der Waals surface area contributed by atoms with Crippen molar-refractivity contribution in [3.63, 3.8) is 0 Å². The molecule has 4 rings (SSSR count). The van der Waals surface area contributed by atoms with E-state index in [0.29, 0.717) is 0 Å². The second-order valence-corrected chi connectivity index (χ2v) is 13.2. The Balaban J connectivity index is 1.80. The van der Waals surface area contributed by atoms with Crippen molar-refractivity contribution < 1.29 is 0 Å². The second-order valence-electron chi connectivity index (χ2n) is 10.5. The highest BCUT2D eigenvalue weighted by Gasteiger charge is 2.20. The minimum Gasteiger partial charge on any atom is -0.342 e. The number of H-pyrrole nitrogens is 1. The van der Waals surface area contributed by atoms with Crippen LogP contribution in [0.4, 0.5) is 0 Å². The molecule has 0 aliphatic carbocycles. The van der Waals surface area contributed by atoms with Crippen LogP contribution < -0.4 is 11.4 Å². The van der Waals surface area contributed by atoms with Gasteiger partial charge in [-0.15, -0.1) is 23.5 Å². The van der Waals surface area contributed by atoms with Crippen LogP contribution in [0.3, 0.4) is 0 Å². The number of thioether (sulfide) groups is 2. The van der Waals surface area contributed by atoms with Crippen molar-refractivity contribution in [1.82, 2.24) is 14.1 Å². The van der Waals surface area contributed by atoms with Crippen LogP contribution in [0.25, 0.3) is 16.6 Å². The molecule has 5 nitrogen and oxygen atoms in total. The number of nitrogens with one attached hydrogen (secondary N) is 1. The molecule has 0 unspecified atom stereocenters. The molecule has 4 aromatic rings. The molecule has 0 spiro atoms. The molecule has 2 aromatic carbocycles. The summed E-state index contributed by atoms with van der Waals surface area (Å²) in [6.07, 6.45) is 8.54. The molecule has 0 aliphatic rings. The number of hydrogen-bond acceptors (Lipinski definition) is 4. The molecule has 0 saturated heterocycles. The molecular formula is C27H34N4OS2. The van der Waals surface area contributed by atoms with Crippen LogP contribution in [-0.4, -0.2) is 30.7 Å². The average molecular weight is 495 g/mol. The number of hydrogen-bond donors (Lipinski definition) is 2. The van der Waals surface area contributed by atoms with E-state index in [1.165, 1.54) is 26.3 Å². The number of rotatable bonds is 7. The number of aromatic amines is 1. The lowest BCUT2D eigenvalue weighted by Crippen LogP contribution is -2.35. The summed E-state index contributed by atoms with van der Waals surface area (Å²) in [5.41, 5.74) is 10.4. The van der Waals surface area contributed by atoms with Gasteiger partial charge in [0.15, 0.2) is 0 Å². The number of aromatic nitrogens is 3. The van der Waals surface area contributed by atoms with Crippen LogP contribution in [0.2, 0.25) is 0 Å². The van der Waals surface area contributed by atoms with Crippen molar-refractivity contribution in [1.29, 1.82) is 0 Å². The first-order valence-corrected chi connectivity index (χ1v) is 13.5. The predicted octanol–water partition coefficient (Wildman–Crippen LogP) is 6.06. The fraction of sp³-hybridized carbons (Fsp3) is 0.370. The maximum atomic E-state index is 12.2. The fourth-order valence-electron chi connectivity index (χ4n) is 4.19. The van der Waals surface area contributed by atoms with E-state index in [-0.39, 0.29) is 16.0 Å². The Morgan fingerprint density at radius 1 is 1.03 bits per heavy atom. The first kappa shape index (κ1) is 24.8. The van der Waals surface area contributed by atoms with Gasteiger partial charge in [-0.1, -0.05) is 26.8 Å².